The Balaban J connectivity index is 2.19. The van der Waals surface area contributed by atoms with Gasteiger partial charge in [0.15, 0.2) is 0 Å². The van der Waals surface area contributed by atoms with Crippen LogP contribution in [0.2, 0.25) is 0 Å². The summed E-state index contributed by atoms with van der Waals surface area (Å²) in [6.45, 7) is 0.596. The molecule has 0 fully saturated rings. The van der Waals surface area contributed by atoms with E-state index in [2.05, 4.69) is 10.3 Å². The highest BCUT2D eigenvalue weighted by molar-refractivity contribution is 5.65. The van der Waals surface area contributed by atoms with Gasteiger partial charge in [-0.3, -0.25) is 10.1 Å². The van der Waals surface area contributed by atoms with Crippen LogP contribution in [0, 0.1) is 10.1 Å². The number of nitrogens with two attached hydrogens (primary N) is 1. The zero-order valence-corrected chi connectivity index (χ0v) is 10.2. The molecule has 0 saturated carbocycles. The number of nitrogens with zero attached hydrogens (tertiary/aromatic N) is 2. The molecule has 2 aromatic rings. The van der Waals surface area contributed by atoms with Gasteiger partial charge in [-0.25, -0.2) is 4.98 Å². The highest BCUT2D eigenvalue weighted by Crippen LogP contribution is 2.24. The zero-order chi connectivity index (χ0) is 13.7. The first kappa shape index (κ1) is 13.0. The van der Waals surface area contributed by atoms with Crippen LogP contribution < -0.4 is 11.1 Å². The molecule has 0 atom stereocenters. The van der Waals surface area contributed by atoms with Crippen LogP contribution in [0.3, 0.4) is 0 Å². The van der Waals surface area contributed by atoms with Crippen molar-refractivity contribution in [1.82, 2.24) is 4.98 Å². The van der Waals surface area contributed by atoms with Crippen molar-refractivity contribution in [3.63, 3.8) is 0 Å². The van der Waals surface area contributed by atoms with Gasteiger partial charge in [0.2, 0.25) is 5.82 Å². The molecule has 1 heterocycles. The molecule has 0 aliphatic carbocycles. The van der Waals surface area contributed by atoms with Gasteiger partial charge in [0.25, 0.3) is 0 Å². The largest absolute Gasteiger partial charge is 0.334 e. The number of pyridine rings is 1. The predicted molar refractivity (Wildman–Crippen MR) is 73.4 cm³/mol. The van der Waals surface area contributed by atoms with Gasteiger partial charge < -0.3 is 11.1 Å². The van der Waals surface area contributed by atoms with E-state index in [-0.39, 0.29) is 11.5 Å². The smallest absolute Gasteiger partial charge is 0.311 e. The van der Waals surface area contributed by atoms with Crippen LogP contribution in [0.5, 0.6) is 0 Å². The number of benzene rings is 1. The molecule has 1 aromatic heterocycles. The second-order valence-electron chi connectivity index (χ2n) is 3.99. The lowest BCUT2D eigenvalue weighted by Gasteiger charge is -2.06. The maximum absolute atomic E-state index is 10.9. The Bertz CT molecular complexity index is 569. The van der Waals surface area contributed by atoms with E-state index in [1.165, 1.54) is 18.3 Å². The number of aromatic nitrogens is 1. The Labute approximate surface area is 110 Å². The molecule has 0 radical (unpaired) electrons. The van der Waals surface area contributed by atoms with Gasteiger partial charge >= 0.3 is 5.69 Å². The Morgan fingerprint density at radius 3 is 2.63 bits per heavy atom. The fourth-order valence-corrected chi connectivity index (χ4v) is 1.70. The zero-order valence-electron chi connectivity index (χ0n) is 10.2. The maximum atomic E-state index is 10.9. The van der Waals surface area contributed by atoms with Gasteiger partial charge in [-0.1, -0.05) is 12.1 Å². The van der Waals surface area contributed by atoms with E-state index < -0.39 is 4.92 Å². The van der Waals surface area contributed by atoms with E-state index in [9.17, 15) is 10.1 Å². The topological polar surface area (TPSA) is 94.1 Å². The van der Waals surface area contributed by atoms with Gasteiger partial charge in [0, 0.05) is 18.0 Å². The third-order valence-electron chi connectivity index (χ3n) is 2.63. The van der Waals surface area contributed by atoms with Gasteiger partial charge in [-0.15, -0.1) is 0 Å². The Kier molecular flexibility index (Phi) is 4.04. The first-order valence-corrected chi connectivity index (χ1v) is 5.86. The molecule has 0 saturated heterocycles. The molecule has 3 N–H and O–H groups in total. The monoisotopic (exact) mass is 258 g/mol. The number of hydrogen-bond donors (Lipinski definition) is 2. The van der Waals surface area contributed by atoms with E-state index in [0.29, 0.717) is 6.54 Å². The summed E-state index contributed by atoms with van der Waals surface area (Å²) in [6, 6.07) is 10.5. The van der Waals surface area contributed by atoms with Crippen LogP contribution in [0.25, 0.3) is 0 Å². The minimum atomic E-state index is -0.460. The molecule has 6 heteroatoms. The predicted octanol–water partition coefficient (Wildman–Crippen LogP) is 2.23. The van der Waals surface area contributed by atoms with Crippen molar-refractivity contribution >= 4 is 17.2 Å². The van der Waals surface area contributed by atoms with Crippen molar-refractivity contribution in [2.75, 3.05) is 11.9 Å². The number of rotatable bonds is 5. The molecule has 0 spiro atoms. The molecule has 0 unspecified atom stereocenters. The Hall–Kier alpha value is -2.47. The first-order valence-electron chi connectivity index (χ1n) is 5.86. The second kappa shape index (κ2) is 5.92. The molecule has 0 amide bonds. The first-order chi connectivity index (χ1) is 9.20. The summed E-state index contributed by atoms with van der Waals surface area (Å²) in [5.74, 6) is 0.235. The molecule has 2 rings (SSSR count). The minimum Gasteiger partial charge on any atom is -0.334 e. The normalized spacial score (nSPS) is 10.2. The van der Waals surface area contributed by atoms with Crippen LogP contribution in [0.1, 0.15) is 5.56 Å². The van der Waals surface area contributed by atoms with E-state index in [0.717, 1.165) is 17.7 Å². The van der Waals surface area contributed by atoms with E-state index in [1.807, 2.05) is 24.3 Å². The van der Waals surface area contributed by atoms with Crippen molar-refractivity contribution in [2.45, 2.75) is 6.42 Å². The van der Waals surface area contributed by atoms with E-state index in [4.69, 9.17) is 5.73 Å². The summed E-state index contributed by atoms with van der Waals surface area (Å²) in [5, 5.41) is 13.8. The van der Waals surface area contributed by atoms with E-state index >= 15 is 0 Å². The highest BCUT2D eigenvalue weighted by atomic mass is 16.6. The molecule has 0 aliphatic heterocycles. The summed E-state index contributed by atoms with van der Waals surface area (Å²) in [7, 11) is 0. The maximum Gasteiger partial charge on any atom is 0.311 e. The summed E-state index contributed by atoms with van der Waals surface area (Å²) in [6.07, 6.45) is 2.32. The van der Waals surface area contributed by atoms with Crippen LogP contribution >= 0.6 is 0 Å². The van der Waals surface area contributed by atoms with Crippen LogP contribution in [-0.4, -0.2) is 16.5 Å². The number of anilines is 2. The number of nitrogens with one attached hydrogen (secondary N) is 1. The summed E-state index contributed by atoms with van der Waals surface area (Å²) in [4.78, 5) is 14.4. The lowest BCUT2D eigenvalue weighted by molar-refractivity contribution is -0.384. The van der Waals surface area contributed by atoms with Crippen molar-refractivity contribution in [2.24, 2.45) is 5.73 Å². The fourth-order valence-electron chi connectivity index (χ4n) is 1.70. The van der Waals surface area contributed by atoms with Crippen molar-refractivity contribution in [3.8, 4) is 0 Å². The Morgan fingerprint density at radius 1 is 1.26 bits per heavy atom. The average Bonchev–Trinajstić information content (AvgIpc) is 2.42. The minimum absolute atomic E-state index is 0.0477. The van der Waals surface area contributed by atoms with Gasteiger partial charge in [-0.2, -0.15) is 0 Å². The molecule has 98 valence electrons. The molecular weight excluding hydrogens is 244 g/mol. The summed E-state index contributed by atoms with van der Waals surface area (Å²) >= 11 is 0. The van der Waals surface area contributed by atoms with E-state index in [1.54, 1.807) is 0 Å². The molecule has 6 nitrogen and oxygen atoms in total. The number of hydrogen-bond acceptors (Lipinski definition) is 5. The third-order valence-corrected chi connectivity index (χ3v) is 2.63. The van der Waals surface area contributed by atoms with Gasteiger partial charge in [0.05, 0.1) is 4.92 Å². The van der Waals surface area contributed by atoms with Crippen molar-refractivity contribution < 1.29 is 4.92 Å². The molecular formula is C13H14N4O2. The van der Waals surface area contributed by atoms with Crippen LogP contribution in [-0.2, 0) is 6.42 Å². The van der Waals surface area contributed by atoms with Gasteiger partial charge in [0.1, 0.15) is 0 Å². The third kappa shape index (κ3) is 3.26. The second-order valence-corrected chi connectivity index (χ2v) is 3.99. The molecule has 0 aliphatic rings. The highest BCUT2D eigenvalue weighted by Gasteiger charge is 2.13. The molecule has 19 heavy (non-hydrogen) atoms. The fraction of sp³-hybridized carbons (Fsp3) is 0.154. The average molecular weight is 258 g/mol. The molecule has 1 aromatic carbocycles. The van der Waals surface area contributed by atoms with Crippen LogP contribution in [0.15, 0.2) is 42.6 Å². The lowest BCUT2D eigenvalue weighted by atomic mass is 10.1. The number of nitro groups is 1. The van der Waals surface area contributed by atoms with Crippen molar-refractivity contribution in [1.29, 1.82) is 0 Å². The lowest BCUT2D eigenvalue weighted by Crippen LogP contribution is -2.03. The van der Waals surface area contributed by atoms with Gasteiger partial charge in [-0.05, 0) is 36.7 Å². The standard InChI is InChI=1S/C13H14N4O2/c14-8-7-10-3-5-11(6-4-10)16-13-12(17(18)19)2-1-9-15-13/h1-6,9H,7-8,14H2,(H,15,16). The molecule has 0 bridgehead atoms. The summed E-state index contributed by atoms with van der Waals surface area (Å²) < 4.78 is 0. The Morgan fingerprint density at radius 2 is 2.00 bits per heavy atom. The van der Waals surface area contributed by atoms with Crippen molar-refractivity contribution in [3.05, 3.63) is 58.3 Å². The quantitative estimate of drug-likeness (QED) is 0.633. The SMILES string of the molecule is NCCc1ccc(Nc2ncccc2[N+](=O)[O-])cc1. The van der Waals surface area contributed by atoms with Crippen LogP contribution in [0.4, 0.5) is 17.2 Å². The summed E-state index contributed by atoms with van der Waals surface area (Å²) in [5.41, 5.74) is 7.31.